The Bertz CT molecular complexity index is 345. The summed E-state index contributed by atoms with van der Waals surface area (Å²) in [6.07, 6.45) is 1.40. The van der Waals surface area contributed by atoms with Crippen molar-refractivity contribution in [1.29, 1.82) is 0 Å². The second kappa shape index (κ2) is 4.22. The lowest BCUT2D eigenvalue weighted by molar-refractivity contribution is 0.525. The third-order valence-electron chi connectivity index (χ3n) is 3.31. The highest BCUT2D eigenvalue weighted by Crippen LogP contribution is 2.37. The van der Waals surface area contributed by atoms with Crippen LogP contribution in [0.25, 0.3) is 0 Å². The number of nitrogens with one attached hydrogen (secondary N) is 1. The molecule has 0 amide bonds. The molecular formula is C12H20N2S. The minimum atomic E-state index is 0.405. The molecule has 1 aliphatic carbocycles. The van der Waals surface area contributed by atoms with Gasteiger partial charge < -0.3 is 5.32 Å². The summed E-state index contributed by atoms with van der Waals surface area (Å²) in [4.78, 5) is 5.94. The first-order chi connectivity index (χ1) is 7.08. The van der Waals surface area contributed by atoms with Crippen LogP contribution in [0.1, 0.15) is 41.9 Å². The minimum absolute atomic E-state index is 0.405. The van der Waals surface area contributed by atoms with Crippen LogP contribution in [0.5, 0.6) is 0 Å². The highest BCUT2D eigenvalue weighted by Gasteiger charge is 2.32. The van der Waals surface area contributed by atoms with Crippen LogP contribution in [-0.4, -0.2) is 11.5 Å². The van der Waals surface area contributed by atoms with Crippen molar-refractivity contribution in [3.05, 3.63) is 15.6 Å². The Morgan fingerprint density at radius 3 is 2.67 bits per heavy atom. The maximum Gasteiger partial charge on any atom is 0.0900 e. The molecule has 3 atom stereocenters. The Morgan fingerprint density at radius 1 is 1.53 bits per heavy atom. The number of thiazole rings is 1. The summed E-state index contributed by atoms with van der Waals surface area (Å²) in [5.74, 6) is 1.84. The summed E-state index contributed by atoms with van der Waals surface area (Å²) in [5.41, 5.74) is 1.24. The van der Waals surface area contributed by atoms with Gasteiger partial charge in [-0.05, 0) is 45.6 Å². The molecule has 0 saturated heterocycles. The van der Waals surface area contributed by atoms with E-state index < -0.39 is 0 Å². The Morgan fingerprint density at radius 2 is 2.20 bits per heavy atom. The van der Waals surface area contributed by atoms with Crippen LogP contribution in [-0.2, 0) is 0 Å². The number of hydrogen-bond donors (Lipinski definition) is 1. The molecule has 0 spiro atoms. The fraction of sp³-hybridized carbons (Fsp3) is 0.750. The lowest BCUT2D eigenvalue weighted by atomic mass is 10.2. The molecule has 84 valence electrons. The molecule has 1 aromatic rings. The van der Waals surface area contributed by atoms with Crippen molar-refractivity contribution in [2.24, 2.45) is 11.8 Å². The van der Waals surface area contributed by atoms with Crippen LogP contribution in [0.15, 0.2) is 0 Å². The molecule has 1 aromatic heterocycles. The maximum atomic E-state index is 4.58. The van der Waals surface area contributed by atoms with E-state index in [1.807, 2.05) is 0 Å². The molecule has 3 unspecified atom stereocenters. The van der Waals surface area contributed by atoms with E-state index in [4.69, 9.17) is 0 Å². The Labute approximate surface area is 96.1 Å². The summed E-state index contributed by atoms with van der Waals surface area (Å²) in [5, 5.41) is 4.77. The van der Waals surface area contributed by atoms with Crippen LogP contribution in [0, 0.1) is 25.7 Å². The fourth-order valence-electron chi connectivity index (χ4n) is 2.06. The second-order valence-corrected chi connectivity index (χ2v) is 6.18. The van der Waals surface area contributed by atoms with Crippen LogP contribution >= 0.6 is 11.3 Å². The minimum Gasteiger partial charge on any atom is -0.309 e. The molecule has 0 bridgehead atoms. The molecule has 3 heteroatoms. The van der Waals surface area contributed by atoms with Crippen molar-refractivity contribution in [1.82, 2.24) is 10.3 Å². The predicted molar refractivity (Wildman–Crippen MR) is 65.3 cm³/mol. The van der Waals surface area contributed by atoms with Crippen LogP contribution < -0.4 is 5.32 Å². The summed E-state index contributed by atoms with van der Waals surface area (Å²) in [6, 6.07) is 0.405. The number of nitrogens with zero attached hydrogens (tertiary/aromatic N) is 1. The topological polar surface area (TPSA) is 24.9 Å². The number of aryl methyl sites for hydroxylation is 2. The van der Waals surface area contributed by atoms with Gasteiger partial charge in [-0.25, -0.2) is 4.98 Å². The largest absolute Gasteiger partial charge is 0.309 e. The summed E-state index contributed by atoms with van der Waals surface area (Å²) >= 11 is 1.80. The first kappa shape index (κ1) is 11.1. The van der Waals surface area contributed by atoms with Gasteiger partial charge >= 0.3 is 0 Å². The molecule has 0 aromatic carbocycles. The average molecular weight is 224 g/mol. The third-order valence-corrected chi connectivity index (χ3v) is 4.21. The highest BCUT2D eigenvalue weighted by atomic mass is 32.1. The molecule has 1 saturated carbocycles. The predicted octanol–water partition coefficient (Wildman–Crippen LogP) is 3.07. The average Bonchev–Trinajstić information content (AvgIpc) is 2.76. The van der Waals surface area contributed by atoms with Gasteiger partial charge in [0.25, 0.3) is 0 Å². The zero-order chi connectivity index (χ0) is 11.0. The van der Waals surface area contributed by atoms with E-state index in [0.717, 1.165) is 18.4 Å². The fourth-order valence-corrected chi connectivity index (χ4v) is 2.97. The van der Waals surface area contributed by atoms with Gasteiger partial charge in [0.15, 0.2) is 0 Å². The summed E-state index contributed by atoms with van der Waals surface area (Å²) in [7, 11) is 0. The van der Waals surface area contributed by atoms with E-state index in [1.165, 1.54) is 22.0 Å². The quantitative estimate of drug-likeness (QED) is 0.850. The number of aromatic nitrogens is 1. The molecule has 0 aliphatic heterocycles. The summed E-state index contributed by atoms with van der Waals surface area (Å²) < 4.78 is 0. The molecular weight excluding hydrogens is 204 g/mol. The molecule has 0 radical (unpaired) electrons. The zero-order valence-electron chi connectivity index (χ0n) is 10.0. The smallest absolute Gasteiger partial charge is 0.0900 e. The highest BCUT2D eigenvalue weighted by molar-refractivity contribution is 7.11. The van der Waals surface area contributed by atoms with E-state index in [1.54, 1.807) is 11.3 Å². The second-order valence-electron chi connectivity index (χ2n) is 4.78. The molecule has 1 N–H and O–H groups in total. The molecule has 15 heavy (non-hydrogen) atoms. The van der Waals surface area contributed by atoms with Gasteiger partial charge in [0.05, 0.1) is 10.7 Å². The Kier molecular flexibility index (Phi) is 3.12. The Balaban J connectivity index is 1.89. The third kappa shape index (κ3) is 2.58. The van der Waals surface area contributed by atoms with Crippen molar-refractivity contribution in [2.75, 3.05) is 6.54 Å². The van der Waals surface area contributed by atoms with Gasteiger partial charge in [-0.2, -0.15) is 0 Å². The molecule has 1 fully saturated rings. The van der Waals surface area contributed by atoms with E-state index in [-0.39, 0.29) is 0 Å². The van der Waals surface area contributed by atoms with Gasteiger partial charge in [0.2, 0.25) is 0 Å². The lowest BCUT2D eigenvalue weighted by Crippen LogP contribution is -2.22. The van der Waals surface area contributed by atoms with E-state index >= 15 is 0 Å². The lowest BCUT2D eigenvalue weighted by Gasteiger charge is -2.12. The maximum absolute atomic E-state index is 4.58. The zero-order valence-corrected chi connectivity index (χ0v) is 10.8. The van der Waals surface area contributed by atoms with E-state index in [2.05, 4.69) is 38.0 Å². The van der Waals surface area contributed by atoms with Crippen molar-refractivity contribution in [3.8, 4) is 0 Å². The first-order valence-corrected chi connectivity index (χ1v) is 6.57. The van der Waals surface area contributed by atoms with Crippen LogP contribution in [0.2, 0.25) is 0 Å². The first-order valence-electron chi connectivity index (χ1n) is 5.75. The van der Waals surface area contributed by atoms with Crippen molar-refractivity contribution in [2.45, 2.75) is 40.2 Å². The van der Waals surface area contributed by atoms with Crippen molar-refractivity contribution < 1.29 is 0 Å². The van der Waals surface area contributed by atoms with Crippen LogP contribution in [0.4, 0.5) is 0 Å². The molecule has 1 heterocycles. The van der Waals surface area contributed by atoms with E-state index in [9.17, 15) is 0 Å². The van der Waals surface area contributed by atoms with Crippen molar-refractivity contribution >= 4 is 11.3 Å². The van der Waals surface area contributed by atoms with E-state index in [0.29, 0.717) is 6.04 Å². The van der Waals surface area contributed by atoms with Gasteiger partial charge in [0, 0.05) is 10.9 Å². The molecule has 2 nitrogen and oxygen atoms in total. The molecule has 1 aliphatic rings. The summed E-state index contributed by atoms with van der Waals surface area (Å²) in [6.45, 7) is 9.94. The van der Waals surface area contributed by atoms with Gasteiger partial charge in [-0.3, -0.25) is 0 Å². The SMILES string of the molecule is Cc1nc(C(C)NCC2CC2C)c(C)s1. The monoisotopic (exact) mass is 224 g/mol. The van der Waals surface area contributed by atoms with Crippen molar-refractivity contribution in [3.63, 3.8) is 0 Å². The molecule has 2 rings (SSSR count). The number of rotatable bonds is 4. The van der Waals surface area contributed by atoms with Gasteiger partial charge in [-0.1, -0.05) is 6.92 Å². The number of hydrogen-bond acceptors (Lipinski definition) is 3. The van der Waals surface area contributed by atoms with Crippen LogP contribution in [0.3, 0.4) is 0 Å². The van der Waals surface area contributed by atoms with Gasteiger partial charge in [-0.15, -0.1) is 11.3 Å². The van der Waals surface area contributed by atoms with Gasteiger partial charge in [0.1, 0.15) is 0 Å². The normalized spacial score (nSPS) is 26.7. The standard InChI is InChI=1S/C12H20N2S/c1-7-5-11(7)6-13-8(2)12-9(3)15-10(4)14-12/h7-8,11,13H,5-6H2,1-4H3. The Hall–Kier alpha value is -0.410.